The minimum absolute atomic E-state index is 0.0570. The maximum atomic E-state index is 12.2. The van der Waals surface area contributed by atoms with E-state index in [2.05, 4.69) is 44.0 Å². The van der Waals surface area contributed by atoms with Gasteiger partial charge in [0.25, 0.3) is 0 Å². The molecule has 1 aromatic heterocycles. The lowest BCUT2D eigenvalue weighted by Crippen LogP contribution is -2.36. The third kappa shape index (κ3) is 1.40. The molecule has 4 rings (SSSR count). The predicted octanol–water partition coefficient (Wildman–Crippen LogP) is 3.64. The molecule has 4 heteroatoms. The third-order valence-corrected chi connectivity index (χ3v) is 4.60. The second kappa shape index (κ2) is 3.84. The molecule has 2 atom stereocenters. The van der Waals surface area contributed by atoms with Gasteiger partial charge in [-0.2, -0.15) is 0 Å². The van der Waals surface area contributed by atoms with Gasteiger partial charge in [0.2, 0.25) is 5.91 Å². The van der Waals surface area contributed by atoms with Crippen molar-refractivity contribution in [1.82, 2.24) is 4.57 Å². The van der Waals surface area contributed by atoms with Crippen molar-refractivity contribution in [2.45, 2.75) is 6.04 Å². The molecule has 2 aliphatic rings. The molecule has 1 aliphatic carbocycles. The van der Waals surface area contributed by atoms with Crippen LogP contribution in [0.25, 0.3) is 10.9 Å². The number of allylic oxidation sites excluding steroid dienone is 3. The molecule has 0 fully saturated rings. The van der Waals surface area contributed by atoms with Crippen molar-refractivity contribution in [3.05, 3.63) is 53.0 Å². The molecule has 3 nitrogen and oxygen atoms in total. The molecule has 0 spiro atoms. The van der Waals surface area contributed by atoms with E-state index in [0.717, 1.165) is 21.2 Å². The topological polar surface area (TPSA) is 34.0 Å². The molecule has 2 aromatic rings. The normalized spacial score (nSPS) is 24.2. The van der Waals surface area contributed by atoms with Crippen LogP contribution < -0.4 is 5.32 Å². The molecule has 2 heterocycles. The highest BCUT2D eigenvalue weighted by Gasteiger charge is 2.35. The van der Waals surface area contributed by atoms with E-state index in [4.69, 9.17) is 0 Å². The van der Waals surface area contributed by atoms with Crippen molar-refractivity contribution in [3.63, 3.8) is 0 Å². The first-order chi connectivity index (χ1) is 9.27. The number of halogens is 1. The molecule has 1 aliphatic heterocycles. The second-order valence-electron chi connectivity index (χ2n) is 4.83. The summed E-state index contributed by atoms with van der Waals surface area (Å²) in [6, 6.07) is 8.24. The number of anilines is 1. The highest BCUT2D eigenvalue weighted by molar-refractivity contribution is 9.10. The van der Waals surface area contributed by atoms with Crippen LogP contribution >= 0.6 is 15.9 Å². The zero-order chi connectivity index (χ0) is 13.0. The van der Waals surface area contributed by atoms with E-state index < -0.39 is 0 Å². The van der Waals surface area contributed by atoms with Crippen molar-refractivity contribution in [2.75, 3.05) is 5.32 Å². The number of nitrogens with zero attached hydrogens (tertiary/aromatic N) is 1. The van der Waals surface area contributed by atoms with Gasteiger partial charge in [-0.1, -0.05) is 42.5 Å². The number of nitrogens with one attached hydrogen (secondary N) is 1. The summed E-state index contributed by atoms with van der Waals surface area (Å²) >= 11 is 3.60. The van der Waals surface area contributed by atoms with Crippen LogP contribution in [0.3, 0.4) is 0 Å². The second-order valence-corrected chi connectivity index (χ2v) is 5.62. The number of rotatable bonds is 0. The quantitative estimate of drug-likeness (QED) is 0.791. The van der Waals surface area contributed by atoms with Crippen molar-refractivity contribution in [1.29, 1.82) is 0 Å². The number of aromatic nitrogens is 1. The molecule has 0 bridgehead atoms. The number of benzene rings is 1. The molecule has 19 heavy (non-hydrogen) atoms. The van der Waals surface area contributed by atoms with E-state index in [1.807, 2.05) is 30.4 Å². The van der Waals surface area contributed by atoms with Gasteiger partial charge in [0.05, 0.1) is 21.9 Å². The first kappa shape index (κ1) is 11.1. The minimum Gasteiger partial charge on any atom is -0.318 e. The van der Waals surface area contributed by atoms with Gasteiger partial charge in [-0.05, 0) is 22.0 Å². The molecule has 0 saturated carbocycles. The molecule has 0 radical (unpaired) electrons. The van der Waals surface area contributed by atoms with Gasteiger partial charge in [0.1, 0.15) is 5.82 Å². The van der Waals surface area contributed by atoms with E-state index in [1.54, 1.807) is 0 Å². The average Bonchev–Trinajstić information content (AvgIpc) is 2.73. The molecule has 1 aromatic carbocycles. The summed E-state index contributed by atoms with van der Waals surface area (Å²) in [6.07, 6.45) is 8.00. The number of fused-ring (bicyclic) bond motifs is 5. The Hall–Kier alpha value is -1.81. The lowest BCUT2D eigenvalue weighted by molar-refractivity contribution is -0.119. The fourth-order valence-corrected chi connectivity index (χ4v) is 3.56. The molecule has 1 amide bonds. The van der Waals surface area contributed by atoms with Gasteiger partial charge < -0.3 is 9.88 Å². The standard InChI is InChI=1S/C15H11BrN2O/c16-13-9-5-1-3-7-11(9)18-12-8-4-2-6-10(12)15(19)17-14(13)18/h1-8,10,12H,(H,17,19). The highest BCUT2D eigenvalue weighted by atomic mass is 79.9. The van der Waals surface area contributed by atoms with Crippen molar-refractivity contribution >= 4 is 38.6 Å². The Morgan fingerprint density at radius 2 is 1.95 bits per heavy atom. The Kier molecular flexibility index (Phi) is 2.23. The van der Waals surface area contributed by atoms with Crippen molar-refractivity contribution in [3.8, 4) is 0 Å². The van der Waals surface area contributed by atoms with Gasteiger partial charge in [-0.25, -0.2) is 0 Å². The Labute approximate surface area is 118 Å². The molecule has 94 valence electrons. The van der Waals surface area contributed by atoms with Gasteiger partial charge in [-0.15, -0.1) is 0 Å². The Bertz CT molecular complexity index is 757. The van der Waals surface area contributed by atoms with E-state index >= 15 is 0 Å². The predicted molar refractivity (Wildman–Crippen MR) is 79.1 cm³/mol. The molecule has 2 unspecified atom stereocenters. The average molecular weight is 315 g/mol. The van der Waals surface area contributed by atoms with Crippen molar-refractivity contribution < 1.29 is 4.79 Å². The van der Waals surface area contributed by atoms with Gasteiger partial charge in [-0.3, -0.25) is 4.79 Å². The van der Waals surface area contributed by atoms with Crippen LogP contribution in [-0.4, -0.2) is 10.5 Å². The largest absolute Gasteiger partial charge is 0.318 e. The van der Waals surface area contributed by atoms with Crippen molar-refractivity contribution in [2.24, 2.45) is 5.92 Å². The number of hydrogen-bond donors (Lipinski definition) is 1. The fraction of sp³-hybridized carbons (Fsp3) is 0.133. The SMILES string of the molecule is O=C1Nc2c(Br)c3ccccc3n2C2C=CC=CC12. The smallest absolute Gasteiger partial charge is 0.234 e. The summed E-state index contributed by atoms with van der Waals surface area (Å²) in [5.74, 6) is 0.786. The maximum Gasteiger partial charge on any atom is 0.234 e. The minimum atomic E-state index is -0.125. The Morgan fingerprint density at radius 3 is 2.84 bits per heavy atom. The number of hydrogen-bond acceptors (Lipinski definition) is 1. The van der Waals surface area contributed by atoms with E-state index in [0.29, 0.717) is 0 Å². The van der Waals surface area contributed by atoms with Crippen LogP contribution in [0.5, 0.6) is 0 Å². The van der Waals surface area contributed by atoms with Crippen LogP contribution in [0.4, 0.5) is 5.82 Å². The maximum absolute atomic E-state index is 12.2. The fourth-order valence-electron chi connectivity index (χ4n) is 2.93. The Morgan fingerprint density at radius 1 is 1.16 bits per heavy atom. The molecule has 1 N–H and O–H groups in total. The lowest BCUT2D eigenvalue weighted by Gasteiger charge is -2.32. The summed E-state index contributed by atoms with van der Waals surface area (Å²) in [6.45, 7) is 0. The summed E-state index contributed by atoms with van der Waals surface area (Å²) in [4.78, 5) is 12.2. The first-order valence-electron chi connectivity index (χ1n) is 6.21. The zero-order valence-corrected chi connectivity index (χ0v) is 11.6. The van der Waals surface area contributed by atoms with Gasteiger partial charge in [0.15, 0.2) is 0 Å². The van der Waals surface area contributed by atoms with E-state index in [1.165, 1.54) is 0 Å². The summed E-state index contributed by atoms with van der Waals surface area (Å²) < 4.78 is 3.16. The van der Waals surface area contributed by atoms with Crippen LogP contribution in [-0.2, 0) is 4.79 Å². The van der Waals surface area contributed by atoms with Crippen LogP contribution in [0, 0.1) is 5.92 Å². The first-order valence-corrected chi connectivity index (χ1v) is 7.01. The van der Waals surface area contributed by atoms with E-state index in [-0.39, 0.29) is 17.9 Å². The van der Waals surface area contributed by atoms with Gasteiger partial charge in [0, 0.05) is 5.39 Å². The van der Waals surface area contributed by atoms with E-state index in [9.17, 15) is 4.79 Å². The Balaban J connectivity index is 2.07. The summed E-state index contributed by atoms with van der Waals surface area (Å²) in [5, 5.41) is 4.14. The summed E-state index contributed by atoms with van der Waals surface area (Å²) in [5.41, 5.74) is 1.14. The van der Waals surface area contributed by atoms with Crippen LogP contribution in [0.15, 0.2) is 53.0 Å². The van der Waals surface area contributed by atoms with Crippen LogP contribution in [0.1, 0.15) is 6.04 Å². The zero-order valence-electron chi connectivity index (χ0n) is 10.0. The third-order valence-electron chi connectivity index (χ3n) is 3.80. The molecular weight excluding hydrogens is 304 g/mol. The monoisotopic (exact) mass is 314 g/mol. The van der Waals surface area contributed by atoms with Gasteiger partial charge >= 0.3 is 0 Å². The summed E-state index contributed by atoms with van der Waals surface area (Å²) in [7, 11) is 0. The highest BCUT2D eigenvalue weighted by Crippen LogP contribution is 2.43. The number of amides is 1. The lowest BCUT2D eigenvalue weighted by atomic mass is 9.92. The number of carbonyl (C=O) groups is 1. The number of para-hydroxylation sites is 1. The van der Waals surface area contributed by atoms with Crippen LogP contribution in [0.2, 0.25) is 0 Å². The molecule has 0 saturated heterocycles. The number of carbonyl (C=O) groups excluding carboxylic acids is 1. The molecular formula is C15H11BrN2O.